The van der Waals surface area contributed by atoms with E-state index in [-0.39, 0.29) is 23.9 Å². The number of carbonyl (C=O) groups excluding carboxylic acids is 2. The van der Waals surface area contributed by atoms with Gasteiger partial charge in [-0.1, -0.05) is 163 Å². The molecule has 3 rings (SSSR count). The van der Waals surface area contributed by atoms with Gasteiger partial charge in [-0.25, -0.2) is 4.99 Å². The fraction of sp³-hybridized carbons (Fsp3) is 0.776. The number of amides is 2. The molecule has 8 unspecified atom stereocenters. The Labute approximate surface area is 441 Å². The molecule has 0 saturated heterocycles. The first-order valence-electron chi connectivity index (χ1n) is 28.0. The summed E-state index contributed by atoms with van der Waals surface area (Å²) >= 11 is 0. The third-order valence-corrected chi connectivity index (χ3v) is 13.5. The summed E-state index contributed by atoms with van der Waals surface area (Å²) in [7, 11) is 1.88. The number of nitrogens with zero attached hydrogens (tertiary/aromatic N) is 3. The van der Waals surface area contributed by atoms with Crippen LogP contribution in [0, 0.1) is 35.0 Å². The number of nitrogens with one attached hydrogen (secondary N) is 2. The molecule has 14 nitrogen and oxygen atoms in total. The Hall–Kier alpha value is -4.01. The summed E-state index contributed by atoms with van der Waals surface area (Å²) in [6, 6.07) is -0.810. The van der Waals surface area contributed by atoms with Crippen molar-refractivity contribution in [2.45, 2.75) is 203 Å². The summed E-state index contributed by atoms with van der Waals surface area (Å²) in [5, 5.41) is 5.50. The van der Waals surface area contributed by atoms with Gasteiger partial charge < -0.3 is 47.8 Å². The zero-order chi connectivity index (χ0) is 54.4. The molecule has 10 N–H and O–H groups in total. The van der Waals surface area contributed by atoms with Crippen LogP contribution in [0.3, 0.4) is 0 Å². The lowest BCUT2D eigenvalue weighted by atomic mass is 9.55. The number of fused-ring (bicyclic) bond motifs is 3. The number of rotatable bonds is 29. The van der Waals surface area contributed by atoms with Crippen molar-refractivity contribution in [1.82, 2.24) is 10.6 Å². The van der Waals surface area contributed by atoms with Crippen molar-refractivity contribution in [3.63, 3.8) is 0 Å². The lowest BCUT2D eigenvalue weighted by molar-refractivity contribution is -0.122. The van der Waals surface area contributed by atoms with Crippen LogP contribution < -0.4 is 33.6 Å². The first-order valence-corrected chi connectivity index (χ1v) is 28.0. The summed E-state index contributed by atoms with van der Waals surface area (Å²) in [6.07, 6.45) is 36.0. The molecule has 3 aliphatic rings. The number of unbranched alkanes of at least 4 members (excludes halogenated alkanes) is 1. The van der Waals surface area contributed by atoms with Crippen molar-refractivity contribution >= 4 is 30.5 Å². The number of guanidine groups is 2. The second-order valence-corrected chi connectivity index (χ2v) is 20.4. The van der Waals surface area contributed by atoms with Crippen molar-refractivity contribution < 1.29 is 23.8 Å². The Kier molecular flexibility index (Phi) is 45.5. The molecule has 0 aromatic carbocycles. The van der Waals surface area contributed by atoms with E-state index in [0.29, 0.717) is 83.3 Å². The first-order chi connectivity index (χ1) is 34.5. The third kappa shape index (κ3) is 36.8. The predicted molar refractivity (Wildman–Crippen MR) is 308 cm³/mol. The van der Waals surface area contributed by atoms with Crippen molar-refractivity contribution in [3.8, 4) is 0 Å². The second kappa shape index (κ2) is 46.8. The molecule has 2 amide bonds. The van der Waals surface area contributed by atoms with Crippen LogP contribution >= 0.6 is 0 Å². The summed E-state index contributed by atoms with van der Waals surface area (Å²) in [6.45, 7) is 29.1. The lowest BCUT2D eigenvalue weighted by Gasteiger charge is -2.50. The van der Waals surface area contributed by atoms with Crippen LogP contribution in [0.15, 0.2) is 63.6 Å². The number of allylic oxidation sites excluding steroid dienone is 6. The molecule has 0 heterocycles. The molecule has 2 saturated carbocycles. The van der Waals surface area contributed by atoms with E-state index in [2.05, 4.69) is 108 Å². The maximum atomic E-state index is 12.4. The van der Waals surface area contributed by atoms with Crippen LogP contribution in [-0.2, 0) is 23.8 Å². The number of methoxy groups -OCH3 is 1. The number of aliphatic imine (C=N–C) groups is 3. The molecule has 0 spiro atoms. The van der Waals surface area contributed by atoms with E-state index in [1.807, 2.05) is 31.4 Å². The van der Waals surface area contributed by atoms with Crippen LogP contribution in [0.25, 0.3) is 0 Å². The van der Waals surface area contributed by atoms with Gasteiger partial charge in [0.2, 0.25) is 12.3 Å². The maximum absolute atomic E-state index is 12.4. The number of carbonyl (C=O) groups is 2. The SMILES string of the molecule is C=C/C=C\C=C/CCC(C=NCCOCCOCCNC(=O)C(CCCCN=C(N)N)N=C(N)N)NC=O.CCC.CCC(C)C.CCCC(C)CC.COC1CCC2(C)C(=CCC3CC(C)CCCC32)C1. The van der Waals surface area contributed by atoms with E-state index < -0.39 is 6.04 Å². The Morgan fingerprint density at radius 1 is 0.903 bits per heavy atom. The molecule has 418 valence electrons. The van der Waals surface area contributed by atoms with Gasteiger partial charge in [0.05, 0.1) is 45.1 Å². The van der Waals surface area contributed by atoms with Crippen molar-refractivity contribution in [2.24, 2.45) is 72.9 Å². The molecular weight excluding hydrogens is 903 g/mol. The molecule has 2 fully saturated rings. The summed E-state index contributed by atoms with van der Waals surface area (Å²) in [5.41, 5.74) is 23.7. The van der Waals surface area contributed by atoms with Gasteiger partial charge in [0, 0.05) is 26.4 Å². The second-order valence-electron chi connectivity index (χ2n) is 20.4. The number of hydrogen-bond acceptors (Lipinski definition) is 8. The molecule has 8 atom stereocenters. The third-order valence-electron chi connectivity index (χ3n) is 13.5. The Morgan fingerprint density at radius 3 is 2.18 bits per heavy atom. The minimum absolute atomic E-state index is 0.0348. The average molecular weight is 1010 g/mol. The zero-order valence-electron chi connectivity index (χ0n) is 47.8. The van der Waals surface area contributed by atoms with Gasteiger partial charge in [-0.15, -0.1) is 0 Å². The van der Waals surface area contributed by atoms with Crippen LogP contribution in [0.4, 0.5) is 0 Å². The molecule has 72 heavy (non-hydrogen) atoms. The Bertz CT molecular complexity index is 1520. The largest absolute Gasteiger partial charge is 0.381 e. The van der Waals surface area contributed by atoms with Crippen LogP contribution in [0.1, 0.15) is 185 Å². The van der Waals surface area contributed by atoms with Crippen LogP contribution in [0.2, 0.25) is 0 Å². The molecule has 0 radical (unpaired) electrons. The van der Waals surface area contributed by atoms with Gasteiger partial charge in [-0.05, 0) is 106 Å². The number of nitrogens with two attached hydrogens (primary N) is 4. The highest BCUT2D eigenvalue weighted by Crippen LogP contribution is 2.56. The fourth-order valence-electron chi connectivity index (χ4n) is 8.93. The maximum Gasteiger partial charge on any atom is 0.245 e. The van der Waals surface area contributed by atoms with Crippen LogP contribution in [-0.4, -0.2) is 102 Å². The summed E-state index contributed by atoms with van der Waals surface area (Å²) in [5.74, 6) is 4.31. The van der Waals surface area contributed by atoms with E-state index in [1.165, 1.54) is 83.5 Å². The number of ether oxygens (including phenoxy) is 3. The smallest absolute Gasteiger partial charge is 0.245 e. The first kappa shape index (κ1) is 70.1. The normalized spacial score (nSPS) is 21.4. The summed E-state index contributed by atoms with van der Waals surface area (Å²) < 4.78 is 16.6. The Morgan fingerprint density at radius 2 is 1.60 bits per heavy atom. The van der Waals surface area contributed by atoms with Gasteiger partial charge in [-0.2, -0.15) is 0 Å². The van der Waals surface area contributed by atoms with Crippen LogP contribution in [0.5, 0.6) is 0 Å². The van der Waals surface area contributed by atoms with Gasteiger partial charge in [0.1, 0.15) is 6.04 Å². The molecule has 3 aliphatic carbocycles. The monoisotopic (exact) mass is 1010 g/mol. The minimum Gasteiger partial charge on any atom is -0.381 e. The fourth-order valence-corrected chi connectivity index (χ4v) is 8.93. The van der Waals surface area contributed by atoms with Gasteiger partial charge in [0.25, 0.3) is 0 Å². The van der Waals surface area contributed by atoms with E-state index in [4.69, 9.17) is 37.1 Å². The molecular formula is C58H111N9O5. The Balaban J connectivity index is 0. The zero-order valence-corrected chi connectivity index (χ0v) is 47.8. The molecule has 0 bridgehead atoms. The van der Waals surface area contributed by atoms with Crippen molar-refractivity contribution in [3.05, 3.63) is 48.6 Å². The average Bonchev–Trinajstić information content (AvgIpc) is 3.55. The van der Waals surface area contributed by atoms with Gasteiger partial charge >= 0.3 is 0 Å². The minimum atomic E-state index is -0.680. The number of hydrogen-bond donors (Lipinski definition) is 6. The standard InChI is InChI=1S/C25H45N9O4.C18H30O.C7H16.C5H12.C3H8/c1-2-3-4-5-6-7-10-21(33-20-35)19-30-13-15-37-17-18-38-16-14-31-23(36)22(34-25(28)29)11-8-9-12-32-24(26)27;1-13-5-4-6-17-14(11-13)7-8-15-12-16(19-3)9-10-18(15,17)2;1-4-6-7(3)5-2;1-4-5(2)3;1-3-2/h2-6,19-22H,1,7-18H2,(H,31,36)(H,33,35)(H4,26,27,32)(H4,28,29,34);8,13-14,16-17H,4-7,9-12H2,1-3H3;7H,4-6H2,1-3H3;5H,4H2,1-3H3;3H2,1-2H3/b4-3-,6-5-,30-19?;;;;. The van der Waals surface area contributed by atoms with Gasteiger partial charge in [-0.3, -0.25) is 19.6 Å². The van der Waals surface area contributed by atoms with Crippen molar-refractivity contribution in [1.29, 1.82) is 0 Å². The predicted octanol–water partition coefficient (Wildman–Crippen LogP) is 10.8. The van der Waals surface area contributed by atoms with E-state index >= 15 is 0 Å². The molecule has 0 aromatic heterocycles. The topological polar surface area (TPSA) is 227 Å². The highest BCUT2D eigenvalue weighted by molar-refractivity contribution is 5.86. The van der Waals surface area contributed by atoms with E-state index in [1.54, 1.807) is 17.9 Å². The highest BCUT2D eigenvalue weighted by atomic mass is 16.5. The quantitative estimate of drug-likeness (QED) is 0.0104. The highest BCUT2D eigenvalue weighted by Gasteiger charge is 2.47. The van der Waals surface area contributed by atoms with Crippen molar-refractivity contribution in [2.75, 3.05) is 53.2 Å². The molecule has 0 aromatic rings. The molecule has 14 heteroatoms. The van der Waals surface area contributed by atoms with E-state index in [0.717, 1.165) is 42.4 Å². The van der Waals surface area contributed by atoms with Gasteiger partial charge in [0.15, 0.2) is 11.9 Å². The summed E-state index contributed by atoms with van der Waals surface area (Å²) in [4.78, 5) is 35.3. The van der Waals surface area contributed by atoms with E-state index in [9.17, 15) is 9.59 Å². The lowest BCUT2D eigenvalue weighted by Crippen LogP contribution is -2.42. The molecule has 0 aliphatic heterocycles.